The Kier molecular flexibility index (Phi) is 5.62. The lowest BCUT2D eigenvalue weighted by Crippen LogP contribution is -2.16. The van der Waals surface area contributed by atoms with E-state index >= 15 is 0 Å². The minimum atomic E-state index is -1.05. The highest BCUT2D eigenvalue weighted by Gasteiger charge is 2.30. The fraction of sp³-hybridized carbons (Fsp3) is 0.438. The molecule has 2 rings (SSSR count). The summed E-state index contributed by atoms with van der Waals surface area (Å²) >= 11 is 0. The molecule has 1 aromatic carbocycles. The Hall–Kier alpha value is -2.77. The van der Waals surface area contributed by atoms with Crippen LogP contribution in [-0.2, 0) is 14.4 Å². The molecule has 24 heavy (non-hydrogen) atoms. The molecular weight excluding hydrogens is 316 g/mol. The summed E-state index contributed by atoms with van der Waals surface area (Å²) in [5.41, 5.74) is 0.795. The van der Waals surface area contributed by atoms with Crippen LogP contribution in [0.25, 0.3) is 0 Å². The molecule has 1 aliphatic rings. The van der Waals surface area contributed by atoms with Gasteiger partial charge in [0.15, 0.2) is 0 Å². The minimum Gasteiger partial charge on any atom is -0.494 e. The van der Waals surface area contributed by atoms with E-state index in [4.69, 9.17) is 14.6 Å². The first-order chi connectivity index (χ1) is 11.4. The molecule has 1 aliphatic carbocycles. The zero-order valence-corrected chi connectivity index (χ0v) is 13.5. The van der Waals surface area contributed by atoms with Crippen LogP contribution >= 0.6 is 0 Å². The van der Waals surface area contributed by atoms with Crippen LogP contribution in [0.5, 0.6) is 11.5 Å². The highest BCUT2D eigenvalue weighted by atomic mass is 16.5. The number of rotatable bonds is 8. The molecular formula is C16H20N2O6. The van der Waals surface area contributed by atoms with Crippen molar-refractivity contribution in [2.24, 2.45) is 5.92 Å². The highest BCUT2D eigenvalue weighted by molar-refractivity contribution is 5.98. The van der Waals surface area contributed by atoms with E-state index in [1.54, 1.807) is 6.07 Å². The second-order valence-corrected chi connectivity index (χ2v) is 5.46. The quantitative estimate of drug-likeness (QED) is 0.667. The molecule has 3 N–H and O–H groups in total. The third-order valence-electron chi connectivity index (χ3n) is 3.57. The predicted octanol–water partition coefficient (Wildman–Crippen LogP) is 1.86. The number of benzene rings is 1. The maximum Gasteiger partial charge on any atom is 0.303 e. The number of amides is 2. The Morgan fingerprint density at radius 1 is 1.04 bits per heavy atom. The fourth-order valence-electron chi connectivity index (χ4n) is 2.11. The van der Waals surface area contributed by atoms with E-state index in [2.05, 4.69) is 10.6 Å². The van der Waals surface area contributed by atoms with Gasteiger partial charge in [-0.3, -0.25) is 14.4 Å². The van der Waals surface area contributed by atoms with Crippen molar-refractivity contribution in [2.45, 2.75) is 25.7 Å². The fourth-order valence-corrected chi connectivity index (χ4v) is 2.11. The molecule has 0 saturated heterocycles. The molecule has 0 radical (unpaired) electrons. The summed E-state index contributed by atoms with van der Waals surface area (Å²) < 4.78 is 10.5. The number of carboxylic acids is 1. The van der Waals surface area contributed by atoms with Gasteiger partial charge < -0.3 is 25.2 Å². The first-order valence-corrected chi connectivity index (χ1v) is 7.53. The monoisotopic (exact) mass is 336 g/mol. The summed E-state index contributed by atoms with van der Waals surface area (Å²) in [6.45, 7) is 0. The number of methoxy groups -OCH3 is 2. The van der Waals surface area contributed by atoms with Crippen molar-refractivity contribution in [3.8, 4) is 11.5 Å². The number of aliphatic carboxylic acids is 1. The summed E-state index contributed by atoms with van der Waals surface area (Å²) in [7, 11) is 2.88. The van der Waals surface area contributed by atoms with Crippen molar-refractivity contribution in [2.75, 3.05) is 24.9 Å². The number of nitrogens with one attached hydrogen (secondary N) is 2. The van der Waals surface area contributed by atoms with Crippen molar-refractivity contribution in [3.63, 3.8) is 0 Å². The van der Waals surface area contributed by atoms with Gasteiger partial charge in [0.05, 0.1) is 32.0 Å². The average molecular weight is 336 g/mol. The number of carbonyl (C=O) groups excluding carboxylic acids is 2. The topological polar surface area (TPSA) is 114 Å². The number of carboxylic acid groups (broad SMARTS) is 1. The Balaban J connectivity index is 2.16. The van der Waals surface area contributed by atoms with Gasteiger partial charge >= 0.3 is 5.97 Å². The third-order valence-corrected chi connectivity index (χ3v) is 3.57. The summed E-state index contributed by atoms with van der Waals surface area (Å²) in [5.74, 6) is -0.825. The van der Waals surface area contributed by atoms with Crippen LogP contribution in [0.4, 0.5) is 11.4 Å². The van der Waals surface area contributed by atoms with E-state index in [1.807, 2.05) is 0 Å². The van der Waals surface area contributed by atoms with E-state index in [-0.39, 0.29) is 24.7 Å². The first kappa shape index (κ1) is 17.6. The zero-order valence-electron chi connectivity index (χ0n) is 13.5. The predicted molar refractivity (Wildman–Crippen MR) is 86.4 cm³/mol. The van der Waals surface area contributed by atoms with Crippen molar-refractivity contribution < 1.29 is 29.0 Å². The average Bonchev–Trinajstić information content (AvgIpc) is 3.38. The molecule has 8 nitrogen and oxygen atoms in total. The number of hydrogen-bond acceptors (Lipinski definition) is 5. The molecule has 1 saturated carbocycles. The molecule has 0 aliphatic heterocycles. The standard InChI is InChI=1S/C16H20N2O6/c1-23-12-8-11(18-16(22)9-3-4-9)13(24-2)7-10(12)17-14(19)5-6-15(20)21/h7-9H,3-6H2,1-2H3,(H,17,19)(H,18,22)(H,20,21). The molecule has 0 atom stereocenters. The normalized spacial score (nSPS) is 13.1. The van der Waals surface area contributed by atoms with Crippen molar-refractivity contribution in [1.82, 2.24) is 0 Å². The molecule has 0 spiro atoms. The minimum absolute atomic E-state index is 0.0381. The maximum absolute atomic E-state index is 11.9. The van der Waals surface area contributed by atoms with Crippen LogP contribution < -0.4 is 20.1 Å². The van der Waals surface area contributed by atoms with Gasteiger partial charge in [-0.15, -0.1) is 0 Å². The first-order valence-electron chi connectivity index (χ1n) is 7.53. The molecule has 130 valence electrons. The van der Waals surface area contributed by atoms with Crippen LogP contribution in [0.3, 0.4) is 0 Å². The second kappa shape index (κ2) is 7.67. The molecule has 8 heteroatoms. The van der Waals surface area contributed by atoms with Gasteiger partial charge in [-0.25, -0.2) is 0 Å². The van der Waals surface area contributed by atoms with Gasteiger partial charge in [0, 0.05) is 24.5 Å². The molecule has 0 heterocycles. The smallest absolute Gasteiger partial charge is 0.303 e. The Morgan fingerprint density at radius 3 is 2.04 bits per heavy atom. The Morgan fingerprint density at radius 2 is 1.58 bits per heavy atom. The maximum atomic E-state index is 11.9. The van der Waals surface area contributed by atoms with Gasteiger partial charge in [0.25, 0.3) is 0 Å². The Bertz CT molecular complexity index is 654. The summed E-state index contributed by atoms with van der Waals surface area (Å²) in [6, 6.07) is 3.09. The molecule has 1 fully saturated rings. The van der Waals surface area contributed by atoms with E-state index in [9.17, 15) is 14.4 Å². The van der Waals surface area contributed by atoms with Gasteiger partial charge in [-0.05, 0) is 12.8 Å². The van der Waals surface area contributed by atoms with Crippen LogP contribution in [0.1, 0.15) is 25.7 Å². The van der Waals surface area contributed by atoms with E-state index in [0.717, 1.165) is 12.8 Å². The van der Waals surface area contributed by atoms with Crippen LogP contribution in [0, 0.1) is 5.92 Å². The van der Waals surface area contributed by atoms with Gasteiger partial charge in [0.2, 0.25) is 11.8 Å². The van der Waals surface area contributed by atoms with E-state index in [0.29, 0.717) is 22.9 Å². The highest BCUT2D eigenvalue weighted by Crippen LogP contribution is 2.38. The molecule has 0 unspecified atom stereocenters. The number of ether oxygens (including phenoxy) is 2. The van der Waals surface area contributed by atoms with Crippen molar-refractivity contribution >= 4 is 29.2 Å². The Labute approximate surface area is 139 Å². The molecule has 2 amide bonds. The summed E-state index contributed by atoms with van der Waals surface area (Å²) in [4.78, 5) is 34.2. The second-order valence-electron chi connectivity index (χ2n) is 5.46. The lowest BCUT2D eigenvalue weighted by molar-refractivity contribution is -0.138. The van der Waals surface area contributed by atoms with Crippen LogP contribution in [-0.4, -0.2) is 37.1 Å². The number of hydrogen-bond donors (Lipinski definition) is 3. The van der Waals surface area contributed by atoms with Gasteiger partial charge in [-0.1, -0.05) is 0 Å². The van der Waals surface area contributed by atoms with Crippen molar-refractivity contribution in [3.05, 3.63) is 12.1 Å². The van der Waals surface area contributed by atoms with E-state index in [1.165, 1.54) is 20.3 Å². The van der Waals surface area contributed by atoms with Crippen LogP contribution in [0.2, 0.25) is 0 Å². The van der Waals surface area contributed by atoms with E-state index < -0.39 is 11.9 Å². The lowest BCUT2D eigenvalue weighted by atomic mass is 10.2. The molecule has 0 aromatic heterocycles. The summed E-state index contributed by atoms with van der Waals surface area (Å²) in [5, 5.41) is 14.0. The molecule has 1 aromatic rings. The summed E-state index contributed by atoms with van der Waals surface area (Å²) in [6.07, 6.45) is 1.34. The largest absolute Gasteiger partial charge is 0.494 e. The lowest BCUT2D eigenvalue weighted by Gasteiger charge is -2.16. The van der Waals surface area contributed by atoms with Gasteiger partial charge in [-0.2, -0.15) is 0 Å². The third kappa shape index (κ3) is 4.61. The van der Waals surface area contributed by atoms with Crippen LogP contribution in [0.15, 0.2) is 12.1 Å². The van der Waals surface area contributed by atoms with Gasteiger partial charge in [0.1, 0.15) is 11.5 Å². The van der Waals surface area contributed by atoms with Crippen molar-refractivity contribution in [1.29, 1.82) is 0 Å². The number of carbonyl (C=O) groups is 3. The SMILES string of the molecule is COc1cc(NC(=O)C2CC2)c(OC)cc1NC(=O)CCC(=O)O. The zero-order chi connectivity index (χ0) is 17.7. The molecule has 0 bridgehead atoms. The number of anilines is 2.